The summed E-state index contributed by atoms with van der Waals surface area (Å²) < 4.78 is 19.1. The summed E-state index contributed by atoms with van der Waals surface area (Å²) in [5.74, 6) is -1.07. The predicted molar refractivity (Wildman–Crippen MR) is 86.4 cm³/mol. The van der Waals surface area contributed by atoms with E-state index in [4.69, 9.17) is 9.84 Å². The number of rotatable bonds is 4. The van der Waals surface area contributed by atoms with Crippen molar-refractivity contribution in [3.05, 3.63) is 35.6 Å². The highest BCUT2D eigenvalue weighted by Crippen LogP contribution is 2.67. The van der Waals surface area contributed by atoms with Crippen LogP contribution < -0.4 is 10.6 Å². The van der Waals surface area contributed by atoms with E-state index in [0.717, 1.165) is 5.56 Å². The third kappa shape index (κ3) is 2.86. The van der Waals surface area contributed by atoms with E-state index in [1.54, 1.807) is 6.07 Å². The van der Waals surface area contributed by atoms with Gasteiger partial charge in [-0.05, 0) is 49.8 Å². The second-order valence-corrected chi connectivity index (χ2v) is 7.63. The molecule has 3 aliphatic carbocycles. The maximum absolute atomic E-state index is 13.4. The molecule has 6 nitrogen and oxygen atoms in total. The first-order chi connectivity index (χ1) is 11.9. The zero-order valence-electron chi connectivity index (χ0n) is 13.8. The molecule has 1 aliphatic heterocycles. The number of nitrogens with one attached hydrogen (secondary N) is 2. The molecule has 0 spiro atoms. The molecule has 7 heteroatoms. The van der Waals surface area contributed by atoms with Gasteiger partial charge < -0.3 is 20.5 Å². The minimum absolute atomic E-state index is 0.0530. The Labute approximate surface area is 144 Å². The van der Waals surface area contributed by atoms with Crippen LogP contribution in [0.2, 0.25) is 0 Å². The number of hydrogen-bond acceptors (Lipinski definition) is 3. The number of aliphatic carboxylic acids is 1. The highest BCUT2D eigenvalue weighted by atomic mass is 19.1. The molecule has 3 N–H and O–H groups in total. The van der Waals surface area contributed by atoms with Gasteiger partial charge >= 0.3 is 12.0 Å². The van der Waals surface area contributed by atoms with Crippen LogP contribution in [-0.2, 0) is 9.53 Å². The zero-order valence-corrected chi connectivity index (χ0v) is 13.8. The first-order valence-corrected chi connectivity index (χ1v) is 8.59. The highest BCUT2D eigenvalue weighted by molar-refractivity contribution is 5.83. The average Bonchev–Trinajstić information content (AvgIpc) is 2.49. The summed E-state index contributed by atoms with van der Waals surface area (Å²) in [5.41, 5.74) is -0.168. The summed E-state index contributed by atoms with van der Waals surface area (Å²) in [6, 6.07) is 6.01. The molecule has 5 rings (SSSR count). The van der Waals surface area contributed by atoms with Gasteiger partial charge in [0.1, 0.15) is 5.82 Å². The van der Waals surface area contributed by atoms with Crippen molar-refractivity contribution in [2.24, 2.45) is 5.41 Å². The van der Waals surface area contributed by atoms with Crippen molar-refractivity contribution in [1.29, 1.82) is 0 Å². The first kappa shape index (κ1) is 16.3. The highest BCUT2D eigenvalue weighted by Gasteiger charge is 2.72. The molecule has 1 aromatic carbocycles. The molecule has 1 saturated heterocycles. The van der Waals surface area contributed by atoms with E-state index in [2.05, 4.69) is 10.6 Å². The lowest BCUT2D eigenvalue weighted by molar-refractivity contribution is -0.196. The Morgan fingerprint density at radius 3 is 2.72 bits per heavy atom. The number of ether oxygens (including phenoxy) is 1. The molecule has 2 amide bonds. The van der Waals surface area contributed by atoms with E-state index in [1.807, 2.05) is 6.07 Å². The van der Waals surface area contributed by atoms with E-state index in [9.17, 15) is 14.0 Å². The Bertz CT molecular complexity index is 703. The largest absolute Gasteiger partial charge is 0.481 e. The van der Waals surface area contributed by atoms with Crippen molar-refractivity contribution in [2.75, 3.05) is 6.61 Å². The minimum atomic E-state index is -0.765. The van der Waals surface area contributed by atoms with Crippen LogP contribution in [-0.4, -0.2) is 35.3 Å². The van der Waals surface area contributed by atoms with Crippen LogP contribution in [0.1, 0.15) is 43.8 Å². The number of halogens is 1. The fourth-order valence-electron chi connectivity index (χ4n) is 4.48. The van der Waals surface area contributed by atoms with E-state index < -0.39 is 11.4 Å². The maximum Gasteiger partial charge on any atom is 0.315 e. The van der Waals surface area contributed by atoms with Crippen molar-refractivity contribution in [3.8, 4) is 0 Å². The molecule has 0 radical (unpaired) electrons. The molecule has 0 aromatic heterocycles. The minimum Gasteiger partial charge on any atom is -0.481 e. The Kier molecular flexibility index (Phi) is 3.72. The van der Waals surface area contributed by atoms with Crippen molar-refractivity contribution >= 4 is 12.0 Å². The van der Waals surface area contributed by atoms with Crippen molar-refractivity contribution in [1.82, 2.24) is 10.6 Å². The molecule has 134 valence electrons. The van der Waals surface area contributed by atoms with Gasteiger partial charge in [-0.3, -0.25) is 4.79 Å². The van der Waals surface area contributed by atoms with Gasteiger partial charge in [0.15, 0.2) is 0 Å². The third-order valence-electron chi connectivity index (χ3n) is 5.70. The molecular weight excluding hydrogens is 327 g/mol. The number of carbonyl (C=O) groups excluding carboxylic acids is 1. The Balaban J connectivity index is 1.30. The van der Waals surface area contributed by atoms with E-state index >= 15 is 0 Å². The van der Waals surface area contributed by atoms with Crippen LogP contribution >= 0.6 is 0 Å². The van der Waals surface area contributed by atoms with Gasteiger partial charge in [-0.15, -0.1) is 0 Å². The number of hydrogen-bond donors (Lipinski definition) is 3. The summed E-state index contributed by atoms with van der Waals surface area (Å²) in [4.78, 5) is 23.4. The number of amides is 2. The van der Waals surface area contributed by atoms with E-state index in [-0.39, 0.29) is 29.5 Å². The predicted octanol–water partition coefficient (Wildman–Crippen LogP) is 2.35. The van der Waals surface area contributed by atoms with Gasteiger partial charge in [0.2, 0.25) is 0 Å². The molecule has 1 heterocycles. The number of carboxylic acids is 1. The second-order valence-electron chi connectivity index (χ2n) is 7.63. The number of carbonyl (C=O) groups is 2. The first-order valence-electron chi connectivity index (χ1n) is 8.59. The molecule has 4 fully saturated rings. The van der Waals surface area contributed by atoms with Gasteiger partial charge in [0, 0.05) is 18.2 Å². The number of benzene rings is 1. The fraction of sp³-hybridized carbons (Fsp3) is 0.556. The van der Waals surface area contributed by atoms with E-state index in [1.165, 1.54) is 12.1 Å². The van der Waals surface area contributed by atoms with Crippen molar-refractivity contribution in [2.45, 2.75) is 49.8 Å². The number of carboxylic acid groups (broad SMARTS) is 1. The summed E-state index contributed by atoms with van der Waals surface area (Å²) in [7, 11) is 0. The Morgan fingerprint density at radius 2 is 2.04 bits per heavy atom. The van der Waals surface area contributed by atoms with E-state index in [0.29, 0.717) is 38.7 Å². The summed E-state index contributed by atoms with van der Waals surface area (Å²) in [6.07, 6.45) is 2.60. The third-order valence-corrected chi connectivity index (χ3v) is 5.70. The van der Waals surface area contributed by atoms with Gasteiger partial charge in [0.05, 0.1) is 11.5 Å². The standard InChI is InChI=1S/C18H21FN2O4/c19-12-3-1-2-11(6-12)14-7-13(4-5-25-14)20-16(24)21-18-8-17(9-18,10-18)15(22)23/h1-3,6,13-14H,4-5,7-10H2,(H,22,23)(H2,20,21,24). The van der Waals surface area contributed by atoms with Gasteiger partial charge in [0.25, 0.3) is 0 Å². The van der Waals surface area contributed by atoms with Crippen LogP contribution in [0, 0.1) is 11.2 Å². The van der Waals surface area contributed by atoms with Crippen molar-refractivity contribution < 1.29 is 23.8 Å². The van der Waals surface area contributed by atoms with Crippen LogP contribution in [0.5, 0.6) is 0 Å². The molecule has 2 atom stereocenters. The summed E-state index contributed by atoms with van der Waals surface area (Å²) in [5, 5.41) is 15.0. The summed E-state index contributed by atoms with van der Waals surface area (Å²) in [6.45, 7) is 0.499. The lowest BCUT2D eigenvalue weighted by Crippen LogP contribution is -2.77. The Morgan fingerprint density at radius 1 is 1.28 bits per heavy atom. The summed E-state index contributed by atoms with van der Waals surface area (Å²) >= 11 is 0. The van der Waals surface area contributed by atoms with Crippen molar-refractivity contribution in [3.63, 3.8) is 0 Å². The van der Waals surface area contributed by atoms with Crippen LogP contribution in [0.15, 0.2) is 24.3 Å². The monoisotopic (exact) mass is 348 g/mol. The topological polar surface area (TPSA) is 87.7 Å². The Hall–Kier alpha value is -2.15. The van der Waals surface area contributed by atoms with Crippen LogP contribution in [0.4, 0.5) is 9.18 Å². The zero-order chi connectivity index (χ0) is 17.7. The SMILES string of the molecule is O=C(NC1CCOC(c2cccc(F)c2)C1)NC12CC(C(=O)O)(C1)C2. The lowest BCUT2D eigenvalue weighted by Gasteiger charge is -2.67. The fourth-order valence-corrected chi connectivity index (χ4v) is 4.48. The molecule has 2 bridgehead atoms. The molecule has 25 heavy (non-hydrogen) atoms. The van der Waals surface area contributed by atoms with Crippen LogP contribution in [0.3, 0.4) is 0 Å². The quantitative estimate of drug-likeness (QED) is 0.779. The molecular formula is C18H21FN2O4. The van der Waals surface area contributed by atoms with Gasteiger partial charge in [-0.25, -0.2) is 9.18 Å². The number of urea groups is 1. The molecule has 1 aromatic rings. The van der Waals surface area contributed by atoms with Gasteiger partial charge in [-0.2, -0.15) is 0 Å². The smallest absolute Gasteiger partial charge is 0.315 e. The average molecular weight is 348 g/mol. The molecule has 4 aliphatic rings. The lowest BCUT2D eigenvalue weighted by atomic mass is 9.39. The molecule has 2 unspecified atom stereocenters. The normalized spacial score (nSPS) is 35.9. The van der Waals surface area contributed by atoms with Crippen LogP contribution in [0.25, 0.3) is 0 Å². The van der Waals surface area contributed by atoms with Gasteiger partial charge in [-0.1, -0.05) is 12.1 Å². The second kappa shape index (κ2) is 5.69. The maximum atomic E-state index is 13.4. The molecule has 3 saturated carbocycles.